The molecule has 0 spiro atoms. The highest BCUT2D eigenvalue weighted by atomic mass is 35.5. The van der Waals surface area contributed by atoms with Crippen LogP contribution in [0.5, 0.6) is 5.88 Å². The van der Waals surface area contributed by atoms with Gasteiger partial charge in [0.05, 0.1) is 7.11 Å². The average Bonchev–Trinajstić information content (AvgIpc) is 2.73. The number of methoxy groups -OCH3 is 1. The fourth-order valence-electron chi connectivity index (χ4n) is 1.08. The molecule has 0 atom stereocenters. The molecule has 0 bridgehead atoms. The van der Waals surface area contributed by atoms with Crippen molar-refractivity contribution < 1.29 is 9.13 Å². The van der Waals surface area contributed by atoms with Gasteiger partial charge in [-0.3, -0.25) is 5.10 Å². The SMILES string of the molecule is COc1cc(Nc2nc(Cl)nc(Cl)c2F)[nH]n1. The van der Waals surface area contributed by atoms with Crippen LogP contribution in [0.3, 0.4) is 0 Å². The molecule has 0 amide bonds. The number of aromatic amines is 1. The molecule has 0 aliphatic rings. The number of nitrogens with one attached hydrogen (secondary N) is 2. The summed E-state index contributed by atoms with van der Waals surface area (Å²) in [6.45, 7) is 0. The highest BCUT2D eigenvalue weighted by molar-refractivity contribution is 6.32. The zero-order chi connectivity index (χ0) is 12.4. The quantitative estimate of drug-likeness (QED) is 0.666. The molecule has 2 aromatic rings. The third-order valence-electron chi connectivity index (χ3n) is 1.80. The number of H-pyrrole nitrogens is 1. The molecule has 0 radical (unpaired) electrons. The Morgan fingerprint density at radius 3 is 2.82 bits per heavy atom. The smallest absolute Gasteiger partial charge is 0.234 e. The fourth-order valence-corrected chi connectivity index (χ4v) is 1.46. The van der Waals surface area contributed by atoms with E-state index in [1.54, 1.807) is 0 Å². The van der Waals surface area contributed by atoms with E-state index in [1.165, 1.54) is 13.2 Å². The Kier molecular flexibility index (Phi) is 3.30. The third-order valence-corrected chi connectivity index (χ3v) is 2.22. The van der Waals surface area contributed by atoms with Crippen LogP contribution in [0.25, 0.3) is 0 Å². The van der Waals surface area contributed by atoms with E-state index in [0.717, 1.165) is 0 Å². The standard InChI is InChI=1S/C8H6Cl2FN5O/c1-17-4-2-3(15-16-4)12-7-5(11)6(9)13-8(10)14-7/h2H,1H3,(H2,12,13,14,15,16). The Morgan fingerprint density at radius 1 is 1.41 bits per heavy atom. The van der Waals surface area contributed by atoms with Gasteiger partial charge >= 0.3 is 0 Å². The van der Waals surface area contributed by atoms with Gasteiger partial charge < -0.3 is 10.1 Å². The van der Waals surface area contributed by atoms with Gasteiger partial charge in [0.15, 0.2) is 11.0 Å². The van der Waals surface area contributed by atoms with Crippen molar-refractivity contribution in [1.29, 1.82) is 0 Å². The first-order valence-corrected chi connectivity index (χ1v) is 5.10. The first-order valence-electron chi connectivity index (χ1n) is 4.35. The molecule has 2 N–H and O–H groups in total. The average molecular weight is 278 g/mol. The number of anilines is 2. The monoisotopic (exact) mass is 277 g/mol. The van der Waals surface area contributed by atoms with Gasteiger partial charge in [0.2, 0.25) is 17.0 Å². The Morgan fingerprint density at radius 2 is 2.18 bits per heavy atom. The second-order valence-corrected chi connectivity index (χ2v) is 3.59. The predicted octanol–water partition coefficient (Wildman–Crippen LogP) is 2.40. The minimum absolute atomic E-state index is 0.152. The largest absolute Gasteiger partial charge is 0.480 e. The van der Waals surface area contributed by atoms with E-state index in [0.29, 0.717) is 11.7 Å². The number of aromatic nitrogens is 4. The van der Waals surface area contributed by atoms with Crippen molar-refractivity contribution in [1.82, 2.24) is 20.2 Å². The van der Waals surface area contributed by atoms with Gasteiger partial charge in [0.25, 0.3) is 0 Å². The molecule has 0 saturated heterocycles. The highest BCUT2D eigenvalue weighted by Crippen LogP contribution is 2.24. The Balaban J connectivity index is 2.29. The lowest BCUT2D eigenvalue weighted by Crippen LogP contribution is -2.00. The van der Waals surface area contributed by atoms with Gasteiger partial charge in [-0.15, -0.1) is 5.10 Å². The topological polar surface area (TPSA) is 75.7 Å². The molecule has 90 valence electrons. The molecule has 2 heterocycles. The summed E-state index contributed by atoms with van der Waals surface area (Å²) in [5, 5.41) is 8.43. The molecular formula is C8H6Cl2FN5O. The van der Waals surface area contributed by atoms with Crippen molar-refractivity contribution >= 4 is 34.8 Å². The number of rotatable bonds is 3. The molecule has 0 fully saturated rings. The maximum Gasteiger partial charge on any atom is 0.234 e. The first kappa shape index (κ1) is 11.9. The lowest BCUT2D eigenvalue weighted by atomic mass is 10.5. The Bertz CT molecular complexity index is 547. The minimum atomic E-state index is -0.801. The van der Waals surface area contributed by atoms with Gasteiger partial charge in [-0.05, 0) is 11.6 Å². The zero-order valence-electron chi connectivity index (χ0n) is 8.46. The van der Waals surface area contributed by atoms with Crippen LogP contribution < -0.4 is 10.1 Å². The summed E-state index contributed by atoms with van der Waals surface area (Å²) in [4.78, 5) is 7.11. The first-order chi connectivity index (χ1) is 8.10. The Labute approximate surface area is 105 Å². The molecule has 0 aromatic carbocycles. The Hall–Kier alpha value is -1.60. The van der Waals surface area contributed by atoms with Crippen LogP contribution in [0.1, 0.15) is 0 Å². The van der Waals surface area contributed by atoms with Crippen LogP contribution in [0.4, 0.5) is 16.0 Å². The van der Waals surface area contributed by atoms with Gasteiger partial charge in [0, 0.05) is 6.07 Å². The van der Waals surface area contributed by atoms with E-state index in [1.807, 2.05) is 0 Å². The van der Waals surface area contributed by atoms with Crippen LogP contribution in [0.2, 0.25) is 10.4 Å². The van der Waals surface area contributed by atoms with Crippen LogP contribution >= 0.6 is 23.2 Å². The molecule has 2 rings (SSSR count). The second kappa shape index (κ2) is 4.72. The van der Waals surface area contributed by atoms with Gasteiger partial charge in [0.1, 0.15) is 5.82 Å². The van der Waals surface area contributed by atoms with E-state index in [-0.39, 0.29) is 16.3 Å². The number of hydrogen-bond donors (Lipinski definition) is 2. The van der Waals surface area contributed by atoms with Crippen molar-refractivity contribution in [2.24, 2.45) is 0 Å². The van der Waals surface area contributed by atoms with Crippen molar-refractivity contribution in [3.8, 4) is 5.88 Å². The van der Waals surface area contributed by atoms with Gasteiger partial charge in [-0.25, -0.2) is 4.98 Å². The molecular weight excluding hydrogens is 272 g/mol. The zero-order valence-corrected chi connectivity index (χ0v) is 9.97. The lowest BCUT2D eigenvalue weighted by Gasteiger charge is -2.04. The van der Waals surface area contributed by atoms with E-state index in [9.17, 15) is 4.39 Å². The molecule has 17 heavy (non-hydrogen) atoms. The van der Waals surface area contributed by atoms with E-state index in [2.05, 4.69) is 25.5 Å². The predicted molar refractivity (Wildman–Crippen MR) is 60.4 cm³/mol. The fraction of sp³-hybridized carbons (Fsp3) is 0.125. The summed E-state index contributed by atoms with van der Waals surface area (Å²) >= 11 is 11.1. The molecule has 6 nitrogen and oxygen atoms in total. The van der Waals surface area contributed by atoms with E-state index < -0.39 is 5.82 Å². The van der Waals surface area contributed by atoms with Crippen LogP contribution in [0.15, 0.2) is 6.07 Å². The van der Waals surface area contributed by atoms with Crippen molar-refractivity contribution in [2.75, 3.05) is 12.4 Å². The van der Waals surface area contributed by atoms with E-state index >= 15 is 0 Å². The van der Waals surface area contributed by atoms with Crippen molar-refractivity contribution in [3.63, 3.8) is 0 Å². The summed E-state index contributed by atoms with van der Waals surface area (Å²) in [5.74, 6) is -0.225. The molecule has 0 saturated carbocycles. The van der Waals surface area contributed by atoms with E-state index in [4.69, 9.17) is 27.9 Å². The maximum absolute atomic E-state index is 13.5. The maximum atomic E-state index is 13.5. The molecule has 0 aliphatic heterocycles. The summed E-state index contributed by atoms with van der Waals surface area (Å²) in [6.07, 6.45) is 0. The van der Waals surface area contributed by atoms with Gasteiger partial charge in [-0.2, -0.15) is 9.37 Å². The summed E-state index contributed by atoms with van der Waals surface area (Å²) in [5.41, 5.74) is 0. The molecule has 0 unspecified atom stereocenters. The molecule has 0 aliphatic carbocycles. The number of hydrogen-bond acceptors (Lipinski definition) is 5. The van der Waals surface area contributed by atoms with Crippen molar-refractivity contribution in [2.45, 2.75) is 0 Å². The summed E-state index contributed by atoms with van der Waals surface area (Å²) < 4.78 is 18.4. The van der Waals surface area contributed by atoms with Crippen LogP contribution in [-0.4, -0.2) is 27.3 Å². The lowest BCUT2D eigenvalue weighted by molar-refractivity contribution is 0.397. The summed E-state index contributed by atoms with van der Waals surface area (Å²) in [6, 6.07) is 1.52. The second-order valence-electron chi connectivity index (χ2n) is 2.90. The minimum Gasteiger partial charge on any atom is -0.480 e. The normalized spacial score (nSPS) is 10.4. The number of nitrogens with zero attached hydrogens (tertiary/aromatic N) is 3. The van der Waals surface area contributed by atoms with Gasteiger partial charge in [-0.1, -0.05) is 11.6 Å². The van der Waals surface area contributed by atoms with Crippen LogP contribution in [-0.2, 0) is 0 Å². The third kappa shape index (κ3) is 2.56. The molecule has 9 heteroatoms. The van der Waals surface area contributed by atoms with Crippen molar-refractivity contribution in [3.05, 3.63) is 22.3 Å². The summed E-state index contributed by atoms with van der Waals surface area (Å²) in [7, 11) is 1.46. The number of ether oxygens (including phenoxy) is 1. The highest BCUT2D eigenvalue weighted by Gasteiger charge is 2.13. The number of halogens is 3. The molecule has 2 aromatic heterocycles. The van der Waals surface area contributed by atoms with Crippen LogP contribution in [0, 0.1) is 5.82 Å².